The molecule has 0 N–H and O–H groups in total. The molecule has 2 heteroatoms. The van der Waals surface area contributed by atoms with E-state index in [1.54, 1.807) is 6.08 Å². The van der Waals surface area contributed by atoms with E-state index in [-0.39, 0.29) is 5.91 Å². The fourth-order valence-electron chi connectivity index (χ4n) is 2.54. The molecule has 0 aliphatic carbocycles. The average molecular weight is 179 g/mol. The van der Waals surface area contributed by atoms with Crippen molar-refractivity contribution in [3.63, 3.8) is 0 Å². The van der Waals surface area contributed by atoms with Crippen LogP contribution >= 0.6 is 0 Å². The lowest BCUT2D eigenvalue weighted by Gasteiger charge is -2.37. The van der Waals surface area contributed by atoms with Gasteiger partial charge >= 0.3 is 0 Å². The first kappa shape index (κ1) is 8.79. The third-order valence-corrected chi connectivity index (χ3v) is 3.13. The molecule has 0 aromatic rings. The van der Waals surface area contributed by atoms with Gasteiger partial charge in [-0.1, -0.05) is 19.4 Å². The van der Waals surface area contributed by atoms with Crippen LogP contribution in [0, 0.1) is 0 Å². The minimum atomic E-state index is 0.239. The van der Waals surface area contributed by atoms with E-state index in [1.165, 1.54) is 32.1 Å². The molecule has 2 rings (SSSR count). The van der Waals surface area contributed by atoms with Crippen LogP contribution in [0.15, 0.2) is 12.2 Å². The van der Waals surface area contributed by atoms with Crippen LogP contribution in [0.4, 0.5) is 0 Å². The maximum atomic E-state index is 11.5. The summed E-state index contributed by atoms with van der Waals surface area (Å²) < 4.78 is 0. The van der Waals surface area contributed by atoms with E-state index in [1.807, 2.05) is 0 Å². The number of carbonyl (C=O) groups is 1. The van der Waals surface area contributed by atoms with Crippen molar-refractivity contribution in [1.82, 2.24) is 4.90 Å². The molecule has 0 spiro atoms. The van der Waals surface area contributed by atoms with Crippen molar-refractivity contribution in [2.75, 3.05) is 0 Å². The molecule has 0 aromatic heterocycles. The lowest BCUT2D eigenvalue weighted by molar-refractivity contribution is -0.130. The van der Waals surface area contributed by atoms with Crippen molar-refractivity contribution in [2.24, 2.45) is 0 Å². The van der Waals surface area contributed by atoms with Crippen molar-refractivity contribution in [3.05, 3.63) is 12.2 Å². The van der Waals surface area contributed by atoms with E-state index >= 15 is 0 Å². The summed E-state index contributed by atoms with van der Waals surface area (Å²) in [4.78, 5) is 13.6. The highest BCUT2D eigenvalue weighted by Crippen LogP contribution is 2.29. The van der Waals surface area contributed by atoms with Gasteiger partial charge in [0.05, 0.1) is 6.04 Å². The molecule has 0 saturated carbocycles. The van der Waals surface area contributed by atoms with Crippen LogP contribution in [-0.4, -0.2) is 22.9 Å². The zero-order valence-corrected chi connectivity index (χ0v) is 8.20. The van der Waals surface area contributed by atoms with E-state index in [4.69, 9.17) is 0 Å². The van der Waals surface area contributed by atoms with Gasteiger partial charge in [0.15, 0.2) is 0 Å². The minimum absolute atomic E-state index is 0.239. The Labute approximate surface area is 79.6 Å². The van der Waals surface area contributed by atoms with Crippen molar-refractivity contribution >= 4 is 5.91 Å². The van der Waals surface area contributed by atoms with Crippen LogP contribution in [0.5, 0.6) is 0 Å². The third kappa shape index (κ3) is 1.50. The summed E-state index contributed by atoms with van der Waals surface area (Å²) in [5.74, 6) is 0.239. The third-order valence-electron chi connectivity index (χ3n) is 3.13. The fraction of sp³-hybridized carbons (Fsp3) is 0.727. The van der Waals surface area contributed by atoms with Gasteiger partial charge in [0.1, 0.15) is 0 Å². The minimum Gasteiger partial charge on any atom is -0.330 e. The smallest absolute Gasteiger partial charge is 0.247 e. The molecule has 2 heterocycles. The molecule has 1 amide bonds. The highest BCUT2D eigenvalue weighted by atomic mass is 16.2. The summed E-state index contributed by atoms with van der Waals surface area (Å²) in [6.07, 6.45) is 9.83. The van der Waals surface area contributed by atoms with Crippen LogP contribution in [0.1, 0.15) is 39.0 Å². The zero-order valence-electron chi connectivity index (χ0n) is 8.20. The maximum absolute atomic E-state index is 11.5. The highest BCUT2D eigenvalue weighted by molar-refractivity contribution is 5.91. The van der Waals surface area contributed by atoms with Crippen molar-refractivity contribution in [2.45, 2.75) is 51.1 Å². The number of hydrogen-bond donors (Lipinski definition) is 0. The molecule has 1 saturated heterocycles. The Hall–Kier alpha value is -0.790. The Morgan fingerprint density at radius 1 is 1.54 bits per heavy atom. The molecule has 0 unspecified atom stereocenters. The molecule has 1 fully saturated rings. The molecular weight excluding hydrogens is 162 g/mol. The molecule has 2 aliphatic rings. The molecule has 13 heavy (non-hydrogen) atoms. The van der Waals surface area contributed by atoms with Crippen LogP contribution in [0.25, 0.3) is 0 Å². The van der Waals surface area contributed by atoms with Gasteiger partial charge in [0, 0.05) is 12.1 Å². The van der Waals surface area contributed by atoms with Crippen molar-refractivity contribution in [3.8, 4) is 0 Å². The van der Waals surface area contributed by atoms with E-state index in [2.05, 4.69) is 17.9 Å². The number of rotatable bonds is 2. The summed E-state index contributed by atoms with van der Waals surface area (Å²) in [5, 5.41) is 0. The SMILES string of the molecule is CCC[C@H]1CCC[C@@H]2C=CC(=O)N12. The van der Waals surface area contributed by atoms with Gasteiger partial charge in [0.25, 0.3) is 0 Å². The second-order valence-corrected chi connectivity index (χ2v) is 4.05. The molecule has 72 valence electrons. The monoisotopic (exact) mass is 179 g/mol. The topological polar surface area (TPSA) is 20.3 Å². The number of nitrogens with zero attached hydrogens (tertiary/aromatic N) is 1. The highest BCUT2D eigenvalue weighted by Gasteiger charge is 2.34. The predicted octanol–water partition coefficient (Wildman–Crippen LogP) is 2.11. The largest absolute Gasteiger partial charge is 0.330 e. The number of piperidine rings is 1. The predicted molar refractivity (Wildman–Crippen MR) is 52.3 cm³/mol. The van der Waals surface area contributed by atoms with Crippen LogP contribution < -0.4 is 0 Å². The second kappa shape index (κ2) is 3.52. The molecule has 0 radical (unpaired) electrons. The molecular formula is C11H17NO. The van der Waals surface area contributed by atoms with E-state index < -0.39 is 0 Å². The van der Waals surface area contributed by atoms with Gasteiger partial charge in [-0.05, 0) is 25.7 Å². The van der Waals surface area contributed by atoms with Crippen LogP contribution in [-0.2, 0) is 4.79 Å². The van der Waals surface area contributed by atoms with E-state index in [0.717, 1.165) is 0 Å². The molecule has 0 aromatic carbocycles. The lowest BCUT2D eigenvalue weighted by Crippen LogP contribution is -2.45. The number of fused-ring (bicyclic) bond motifs is 1. The summed E-state index contributed by atoms with van der Waals surface area (Å²) in [6.45, 7) is 2.19. The van der Waals surface area contributed by atoms with E-state index in [0.29, 0.717) is 12.1 Å². The standard InChI is InChI=1S/C11H17NO/c1-2-4-9-5-3-6-10-7-8-11(13)12(9)10/h7-10H,2-6H2,1H3/t9-,10+/m0/s1. The first-order valence-corrected chi connectivity index (χ1v) is 5.33. The molecule has 2 aliphatic heterocycles. The van der Waals surface area contributed by atoms with Crippen molar-refractivity contribution < 1.29 is 4.79 Å². The van der Waals surface area contributed by atoms with Crippen molar-refractivity contribution in [1.29, 1.82) is 0 Å². The summed E-state index contributed by atoms with van der Waals surface area (Å²) in [7, 11) is 0. The van der Waals surface area contributed by atoms with Gasteiger partial charge in [-0.25, -0.2) is 0 Å². The Morgan fingerprint density at radius 2 is 2.38 bits per heavy atom. The Kier molecular flexibility index (Phi) is 2.38. The van der Waals surface area contributed by atoms with Gasteiger partial charge in [-0.15, -0.1) is 0 Å². The van der Waals surface area contributed by atoms with Crippen LogP contribution in [0.3, 0.4) is 0 Å². The van der Waals surface area contributed by atoms with Gasteiger partial charge in [0.2, 0.25) is 5.91 Å². The average Bonchev–Trinajstić information content (AvgIpc) is 2.50. The second-order valence-electron chi connectivity index (χ2n) is 4.05. The first-order valence-electron chi connectivity index (χ1n) is 5.33. The molecule has 2 atom stereocenters. The van der Waals surface area contributed by atoms with Gasteiger partial charge in [-0.2, -0.15) is 0 Å². The number of carbonyl (C=O) groups excluding carboxylic acids is 1. The van der Waals surface area contributed by atoms with Gasteiger partial charge < -0.3 is 4.90 Å². The fourth-order valence-corrected chi connectivity index (χ4v) is 2.54. The summed E-state index contributed by atoms with van der Waals surface area (Å²) in [6, 6.07) is 0.948. The molecule has 2 nitrogen and oxygen atoms in total. The normalized spacial score (nSPS) is 32.4. The maximum Gasteiger partial charge on any atom is 0.247 e. The quantitative estimate of drug-likeness (QED) is 0.635. The van der Waals surface area contributed by atoms with Crippen LogP contribution in [0.2, 0.25) is 0 Å². The summed E-state index contributed by atoms with van der Waals surface area (Å²) in [5.41, 5.74) is 0. The Morgan fingerprint density at radius 3 is 3.15 bits per heavy atom. The molecule has 0 bridgehead atoms. The number of hydrogen-bond acceptors (Lipinski definition) is 1. The van der Waals surface area contributed by atoms with Gasteiger partial charge in [-0.3, -0.25) is 4.79 Å². The first-order chi connectivity index (χ1) is 6.33. The zero-order chi connectivity index (χ0) is 9.26. The van der Waals surface area contributed by atoms with E-state index in [9.17, 15) is 4.79 Å². The number of amides is 1. The Balaban J connectivity index is 2.08. The Bertz CT molecular complexity index is 232. The summed E-state index contributed by atoms with van der Waals surface area (Å²) >= 11 is 0. The lowest BCUT2D eigenvalue weighted by atomic mass is 9.94.